The van der Waals surface area contributed by atoms with Gasteiger partial charge in [0.05, 0.1) is 0 Å². The highest BCUT2D eigenvalue weighted by atomic mass is 35.5. The summed E-state index contributed by atoms with van der Waals surface area (Å²) in [7, 11) is 0. The average Bonchev–Trinajstić information content (AvgIpc) is 2.87. The fraction of sp³-hybridized carbons (Fsp3) is 0.310. The van der Waals surface area contributed by atoms with Crippen LogP contribution in [-0.4, -0.2) is 35.9 Å². The summed E-state index contributed by atoms with van der Waals surface area (Å²) in [5, 5.41) is 3.56. The molecule has 3 aromatic rings. The lowest BCUT2D eigenvalue weighted by atomic mass is 10.0. The number of benzene rings is 3. The molecule has 0 fully saturated rings. The van der Waals surface area contributed by atoms with E-state index in [2.05, 4.69) is 12.2 Å². The van der Waals surface area contributed by atoms with E-state index in [0.717, 1.165) is 29.5 Å². The molecule has 0 spiro atoms. The lowest BCUT2D eigenvalue weighted by Gasteiger charge is -2.31. The van der Waals surface area contributed by atoms with Crippen molar-refractivity contribution in [3.05, 3.63) is 101 Å². The van der Waals surface area contributed by atoms with Crippen LogP contribution in [0.4, 0.5) is 0 Å². The van der Waals surface area contributed by atoms with Gasteiger partial charge in [-0.25, -0.2) is 0 Å². The number of halogens is 1. The fourth-order valence-corrected chi connectivity index (χ4v) is 3.93. The topological polar surface area (TPSA) is 58.6 Å². The van der Waals surface area contributed by atoms with Gasteiger partial charge in [-0.3, -0.25) is 9.59 Å². The van der Waals surface area contributed by atoms with E-state index in [0.29, 0.717) is 23.7 Å². The van der Waals surface area contributed by atoms with Crippen molar-refractivity contribution in [3.8, 4) is 5.75 Å². The van der Waals surface area contributed by atoms with Crippen molar-refractivity contribution in [1.29, 1.82) is 0 Å². The van der Waals surface area contributed by atoms with Crippen LogP contribution in [0.5, 0.6) is 5.75 Å². The van der Waals surface area contributed by atoms with Gasteiger partial charge in [-0.15, -0.1) is 0 Å². The first kappa shape index (κ1) is 26.3. The molecule has 2 amide bonds. The third-order valence-electron chi connectivity index (χ3n) is 5.78. The Morgan fingerprint density at radius 1 is 0.971 bits per heavy atom. The predicted octanol–water partition coefficient (Wildman–Crippen LogP) is 5.58. The van der Waals surface area contributed by atoms with Crippen LogP contribution in [0, 0.1) is 6.92 Å². The summed E-state index contributed by atoms with van der Waals surface area (Å²) < 4.78 is 5.79. The van der Waals surface area contributed by atoms with Gasteiger partial charge in [0.15, 0.2) is 6.61 Å². The second-order valence-corrected chi connectivity index (χ2v) is 8.97. The van der Waals surface area contributed by atoms with E-state index in [1.807, 2.05) is 79.7 Å². The normalized spacial score (nSPS) is 11.5. The van der Waals surface area contributed by atoms with Crippen molar-refractivity contribution in [3.63, 3.8) is 0 Å². The van der Waals surface area contributed by atoms with Crippen LogP contribution in [0.25, 0.3) is 0 Å². The average molecular weight is 493 g/mol. The molecule has 0 saturated carbocycles. The van der Waals surface area contributed by atoms with Crippen molar-refractivity contribution in [2.24, 2.45) is 0 Å². The molecule has 3 rings (SSSR count). The van der Waals surface area contributed by atoms with Gasteiger partial charge in [0, 0.05) is 24.5 Å². The van der Waals surface area contributed by atoms with E-state index in [-0.39, 0.29) is 25.0 Å². The molecule has 5 nitrogen and oxygen atoms in total. The number of aryl methyl sites for hydroxylation is 1. The molecule has 0 unspecified atom stereocenters. The second kappa shape index (κ2) is 13.5. The maximum Gasteiger partial charge on any atom is 0.261 e. The monoisotopic (exact) mass is 492 g/mol. The number of hydrogen-bond donors (Lipinski definition) is 1. The molecule has 0 radical (unpaired) electrons. The van der Waals surface area contributed by atoms with Gasteiger partial charge < -0.3 is 15.0 Å². The van der Waals surface area contributed by atoms with Gasteiger partial charge in [0.2, 0.25) is 5.91 Å². The molecule has 0 saturated heterocycles. The van der Waals surface area contributed by atoms with Crippen molar-refractivity contribution >= 4 is 23.4 Å². The Hall–Kier alpha value is -3.31. The lowest BCUT2D eigenvalue weighted by molar-refractivity contribution is -0.142. The summed E-state index contributed by atoms with van der Waals surface area (Å²) >= 11 is 6.44. The SMILES string of the molecule is CCCCNC(=O)[C@@H](Cc1ccccc1)N(Cc1ccccc1Cl)C(=O)COc1ccc(C)cc1. The van der Waals surface area contributed by atoms with Crippen LogP contribution >= 0.6 is 11.6 Å². The lowest BCUT2D eigenvalue weighted by Crippen LogP contribution is -2.51. The summed E-state index contributed by atoms with van der Waals surface area (Å²) in [5.74, 6) is 0.142. The van der Waals surface area contributed by atoms with Crippen LogP contribution < -0.4 is 10.1 Å². The Kier molecular flexibility index (Phi) is 10.2. The Balaban J connectivity index is 1.88. The number of rotatable bonds is 12. The molecule has 0 heterocycles. The minimum atomic E-state index is -0.709. The van der Waals surface area contributed by atoms with E-state index in [1.54, 1.807) is 11.0 Å². The number of nitrogens with one attached hydrogen (secondary N) is 1. The van der Waals surface area contributed by atoms with Crippen LogP contribution in [0.1, 0.15) is 36.5 Å². The summed E-state index contributed by atoms with van der Waals surface area (Å²) in [6.07, 6.45) is 2.23. The molecule has 184 valence electrons. The minimum absolute atomic E-state index is 0.180. The third-order valence-corrected chi connectivity index (χ3v) is 6.15. The first-order chi connectivity index (χ1) is 17.0. The Morgan fingerprint density at radius 2 is 1.66 bits per heavy atom. The number of amides is 2. The van der Waals surface area contributed by atoms with Crippen LogP contribution in [0.2, 0.25) is 5.02 Å². The molecule has 0 aliphatic heterocycles. The predicted molar refractivity (Wildman–Crippen MR) is 141 cm³/mol. The Labute approximate surface area is 213 Å². The number of unbranched alkanes of at least 4 members (excludes halogenated alkanes) is 1. The van der Waals surface area contributed by atoms with E-state index in [9.17, 15) is 9.59 Å². The zero-order valence-electron chi connectivity index (χ0n) is 20.4. The summed E-state index contributed by atoms with van der Waals surface area (Å²) in [6, 6.07) is 23.9. The molecule has 1 N–H and O–H groups in total. The second-order valence-electron chi connectivity index (χ2n) is 8.56. The smallest absolute Gasteiger partial charge is 0.261 e. The zero-order valence-corrected chi connectivity index (χ0v) is 21.1. The zero-order chi connectivity index (χ0) is 25.0. The highest BCUT2D eigenvalue weighted by Crippen LogP contribution is 2.21. The largest absolute Gasteiger partial charge is 0.484 e. The molecule has 35 heavy (non-hydrogen) atoms. The molecular weight excluding hydrogens is 460 g/mol. The van der Waals surface area contributed by atoms with Crippen molar-refractivity contribution in [2.45, 2.75) is 45.7 Å². The summed E-state index contributed by atoms with van der Waals surface area (Å²) in [5.41, 5.74) is 2.85. The molecular formula is C29H33ClN2O3. The highest BCUT2D eigenvalue weighted by Gasteiger charge is 2.31. The number of hydrogen-bond acceptors (Lipinski definition) is 3. The van der Waals surface area contributed by atoms with Crippen LogP contribution in [0.15, 0.2) is 78.9 Å². The molecule has 0 aliphatic rings. The number of carbonyl (C=O) groups excluding carboxylic acids is 2. The van der Waals surface area contributed by atoms with E-state index < -0.39 is 6.04 Å². The van der Waals surface area contributed by atoms with Gasteiger partial charge in [0.1, 0.15) is 11.8 Å². The molecule has 0 bridgehead atoms. The molecule has 0 aromatic heterocycles. The van der Waals surface area contributed by atoms with Crippen molar-refractivity contribution in [2.75, 3.05) is 13.2 Å². The van der Waals surface area contributed by atoms with Gasteiger partial charge in [-0.05, 0) is 42.7 Å². The first-order valence-corrected chi connectivity index (χ1v) is 12.4. The first-order valence-electron chi connectivity index (χ1n) is 12.0. The standard InChI is InChI=1S/C29H33ClN2O3/c1-3-4-18-31-29(34)27(19-23-10-6-5-7-11-23)32(20-24-12-8-9-13-26(24)30)28(33)21-35-25-16-14-22(2)15-17-25/h5-17,27H,3-4,18-21H2,1-2H3,(H,31,34)/t27-/m1/s1. The Morgan fingerprint density at radius 3 is 2.34 bits per heavy atom. The third kappa shape index (κ3) is 8.15. The number of carbonyl (C=O) groups is 2. The van der Waals surface area contributed by atoms with Gasteiger partial charge >= 0.3 is 0 Å². The number of ether oxygens (including phenoxy) is 1. The molecule has 1 atom stereocenters. The maximum absolute atomic E-state index is 13.5. The summed E-state index contributed by atoms with van der Waals surface area (Å²) in [4.78, 5) is 28.5. The Bertz CT molecular complexity index is 1090. The van der Waals surface area contributed by atoms with Gasteiger partial charge in [0.25, 0.3) is 5.91 Å². The van der Waals surface area contributed by atoms with E-state index in [1.165, 1.54) is 0 Å². The molecule has 3 aromatic carbocycles. The minimum Gasteiger partial charge on any atom is -0.484 e. The molecule has 6 heteroatoms. The maximum atomic E-state index is 13.5. The van der Waals surface area contributed by atoms with Crippen molar-refractivity contribution < 1.29 is 14.3 Å². The number of nitrogens with zero attached hydrogens (tertiary/aromatic N) is 1. The van der Waals surface area contributed by atoms with Crippen LogP contribution in [0.3, 0.4) is 0 Å². The van der Waals surface area contributed by atoms with Gasteiger partial charge in [-0.2, -0.15) is 0 Å². The quantitative estimate of drug-likeness (QED) is 0.335. The molecule has 0 aliphatic carbocycles. The highest BCUT2D eigenvalue weighted by molar-refractivity contribution is 6.31. The van der Waals surface area contributed by atoms with Gasteiger partial charge in [-0.1, -0.05) is 91.2 Å². The van der Waals surface area contributed by atoms with E-state index >= 15 is 0 Å². The van der Waals surface area contributed by atoms with E-state index in [4.69, 9.17) is 16.3 Å². The van der Waals surface area contributed by atoms with Crippen molar-refractivity contribution in [1.82, 2.24) is 10.2 Å². The van der Waals surface area contributed by atoms with Crippen LogP contribution in [-0.2, 0) is 22.6 Å². The fourth-order valence-electron chi connectivity index (χ4n) is 3.73. The summed E-state index contributed by atoms with van der Waals surface area (Å²) in [6.45, 7) is 4.65.